The summed E-state index contributed by atoms with van der Waals surface area (Å²) in [5.41, 5.74) is 4.88. The smallest absolute Gasteiger partial charge is 0.150 e. The molecule has 0 atom stereocenters. The normalized spacial score (nSPS) is 10.1. The van der Waals surface area contributed by atoms with E-state index >= 15 is 0 Å². The van der Waals surface area contributed by atoms with Gasteiger partial charge in [0.25, 0.3) is 0 Å². The van der Waals surface area contributed by atoms with Gasteiger partial charge in [-0.05, 0) is 31.0 Å². The highest BCUT2D eigenvalue weighted by molar-refractivity contribution is 5.87. The van der Waals surface area contributed by atoms with Gasteiger partial charge in [0, 0.05) is 23.5 Å². The lowest BCUT2D eigenvalue weighted by Crippen LogP contribution is -1.90. The molecule has 2 aromatic rings. The fraction of sp³-hybridized carbons (Fsp3) is 0.143. The highest BCUT2D eigenvalue weighted by Gasteiger charge is 2.05. The standard InChI is InChI=1S/C14H13NO/c1-10-3-4-12(9-16)14(6-10)13-5-11(2)7-15-8-13/h3-9H,1-2H3. The second-order valence-corrected chi connectivity index (χ2v) is 3.96. The minimum Gasteiger partial charge on any atom is -0.298 e. The summed E-state index contributed by atoms with van der Waals surface area (Å²) in [6.45, 7) is 4.01. The summed E-state index contributed by atoms with van der Waals surface area (Å²) in [4.78, 5) is 15.1. The van der Waals surface area contributed by atoms with Crippen LogP contribution in [0.5, 0.6) is 0 Å². The molecule has 0 spiro atoms. The van der Waals surface area contributed by atoms with Crippen LogP contribution < -0.4 is 0 Å². The molecule has 0 amide bonds. The fourth-order valence-electron chi connectivity index (χ4n) is 1.73. The zero-order valence-electron chi connectivity index (χ0n) is 9.40. The van der Waals surface area contributed by atoms with Crippen molar-refractivity contribution in [1.29, 1.82) is 0 Å². The van der Waals surface area contributed by atoms with Crippen molar-refractivity contribution in [2.24, 2.45) is 0 Å². The first-order chi connectivity index (χ1) is 7.70. The molecule has 80 valence electrons. The molecule has 1 aromatic carbocycles. The van der Waals surface area contributed by atoms with Crippen molar-refractivity contribution in [3.05, 3.63) is 53.3 Å². The number of benzene rings is 1. The van der Waals surface area contributed by atoms with Gasteiger partial charge >= 0.3 is 0 Å². The summed E-state index contributed by atoms with van der Waals surface area (Å²) in [5.74, 6) is 0. The van der Waals surface area contributed by atoms with Crippen LogP contribution in [-0.4, -0.2) is 11.3 Å². The minimum absolute atomic E-state index is 0.706. The Morgan fingerprint density at radius 1 is 1.06 bits per heavy atom. The van der Waals surface area contributed by atoms with Crippen molar-refractivity contribution in [2.45, 2.75) is 13.8 Å². The molecule has 0 N–H and O–H groups in total. The average molecular weight is 211 g/mol. The number of pyridine rings is 1. The number of aromatic nitrogens is 1. The van der Waals surface area contributed by atoms with Crippen LogP contribution in [0.25, 0.3) is 11.1 Å². The zero-order valence-corrected chi connectivity index (χ0v) is 9.40. The monoisotopic (exact) mass is 211 g/mol. The molecule has 0 aliphatic heterocycles. The van der Waals surface area contributed by atoms with Gasteiger partial charge < -0.3 is 0 Å². The second-order valence-electron chi connectivity index (χ2n) is 3.96. The molecule has 0 bridgehead atoms. The van der Waals surface area contributed by atoms with Gasteiger partial charge in [0.1, 0.15) is 0 Å². The predicted octanol–water partition coefficient (Wildman–Crippen LogP) is 3.18. The van der Waals surface area contributed by atoms with Crippen LogP contribution in [0.1, 0.15) is 21.5 Å². The highest BCUT2D eigenvalue weighted by atomic mass is 16.1. The lowest BCUT2D eigenvalue weighted by atomic mass is 9.99. The molecule has 0 fully saturated rings. The molecule has 0 aliphatic rings. The summed E-state index contributed by atoms with van der Waals surface area (Å²) < 4.78 is 0. The Kier molecular flexibility index (Phi) is 2.82. The van der Waals surface area contributed by atoms with Gasteiger partial charge in [-0.15, -0.1) is 0 Å². The number of aryl methyl sites for hydroxylation is 2. The Balaban J connectivity index is 2.62. The number of rotatable bonds is 2. The van der Waals surface area contributed by atoms with Crippen molar-refractivity contribution in [3.8, 4) is 11.1 Å². The average Bonchev–Trinajstić information content (AvgIpc) is 2.29. The van der Waals surface area contributed by atoms with E-state index in [2.05, 4.69) is 4.98 Å². The molecule has 1 aromatic heterocycles. The van der Waals surface area contributed by atoms with E-state index in [1.54, 1.807) is 12.4 Å². The zero-order chi connectivity index (χ0) is 11.5. The van der Waals surface area contributed by atoms with Crippen molar-refractivity contribution in [2.75, 3.05) is 0 Å². The number of hydrogen-bond donors (Lipinski definition) is 0. The maximum atomic E-state index is 11.0. The van der Waals surface area contributed by atoms with Crippen molar-refractivity contribution >= 4 is 6.29 Å². The van der Waals surface area contributed by atoms with Crippen LogP contribution in [0.4, 0.5) is 0 Å². The van der Waals surface area contributed by atoms with Crippen LogP contribution in [0.2, 0.25) is 0 Å². The molecule has 0 saturated heterocycles. The lowest BCUT2D eigenvalue weighted by molar-refractivity contribution is 0.112. The lowest BCUT2D eigenvalue weighted by Gasteiger charge is -2.06. The van der Waals surface area contributed by atoms with Gasteiger partial charge in [-0.25, -0.2) is 0 Å². The Bertz CT molecular complexity index is 532. The first-order valence-electron chi connectivity index (χ1n) is 5.18. The molecule has 0 radical (unpaired) electrons. The van der Waals surface area contributed by atoms with Crippen LogP contribution in [0, 0.1) is 13.8 Å². The Morgan fingerprint density at radius 3 is 2.56 bits per heavy atom. The van der Waals surface area contributed by atoms with Crippen LogP contribution in [-0.2, 0) is 0 Å². The van der Waals surface area contributed by atoms with Crippen LogP contribution in [0.3, 0.4) is 0 Å². The third-order valence-electron chi connectivity index (χ3n) is 2.52. The van der Waals surface area contributed by atoms with Gasteiger partial charge in [-0.1, -0.05) is 23.8 Å². The first-order valence-corrected chi connectivity index (χ1v) is 5.18. The van der Waals surface area contributed by atoms with E-state index in [0.717, 1.165) is 28.5 Å². The molecular formula is C14H13NO. The number of carbonyl (C=O) groups is 1. The van der Waals surface area contributed by atoms with E-state index in [9.17, 15) is 4.79 Å². The second kappa shape index (κ2) is 4.27. The Hall–Kier alpha value is -1.96. The van der Waals surface area contributed by atoms with Gasteiger partial charge in [-0.2, -0.15) is 0 Å². The van der Waals surface area contributed by atoms with E-state index in [1.807, 2.05) is 38.1 Å². The Morgan fingerprint density at radius 2 is 1.88 bits per heavy atom. The van der Waals surface area contributed by atoms with E-state index in [0.29, 0.717) is 5.56 Å². The van der Waals surface area contributed by atoms with E-state index in [4.69, 9.17) is 0 Å². The summed E-state index contributed by atoms with van der Waals surface area (Å²) >= 11 is 0. The predicted molar refractivity (Wildman–Crippen MR) is 64.5 cm³/mol. The van der Waals surface area contributed by atoms with Crippen molar-refractivity contribution < 1.29 is 4.79 Å². The van der Waals surface area contributed by atoms with Gasteiger partial charge in [0.15, 0.2) is 6.29 Å². The summed E-state index contributed by atoms with van der Waals surface area (Å²) in [7, 11) is 0. The van der Waals surface area contributed by atoms with Crippen molar-refractivity contribution in [3.63, 3.8) is 0 Å². The van der Waals surface area contributed by atoms with Crippen molar-refractivity contribution in [1.82, 2.24) is 4.98 Å². The first kappa shape index (κ1) is 10.6. The number of carbonyl (C=O) groups excluding carboxylic acids is 1. The fourth-order valence-corrected chi connectivity index (χ4v) is 1.73. The van der Waals surface area contributed by atoms with Gasteiger partial charge in [-0.3, -0.25) is 9.78 Å². The van der Waals surface area contributed by atoms with Gasteiger partial charge in [0.2, 0.25) is 0 Å². The third-order valence-corrected chi connectivity index (χ3v) is 2.52. The number of aldehydes is 1. The molecular weight excluding hydrogens is 198 g/mol. The van der Waals surface area contributed by atoms with Crippen LogP contribution >= 0.6 is 0 Å². The summed E-state index contributed by atoms with van der Waals surface area (Å²) in [6.07, 6.45) is 4.48. The number of hydrogen-bond acceptors (Lipinski definition) is 2. The number of nitrogens with zero attached hydrogens (tertiary/aromatic N) is 1. The molecule has 1 heterocycles. The molecule has 0 aliphatic carbocycles. The topological polar surface area (TPSA) is 30.0 Å². The molecule has 0 saturated carbocycles. The summed E-state index contributed by atoms with van der Waals surface area (Å²) in [5, 5.41) is 0. The maximum absolute atomic E-state index is 11.0. The summed E-state index contributed by atoms with van der Waals surface area (Å²) in [6, 6.07) is 7.84. The Labute approximate surface area is 95.0 Å². The SMILES string of the molecule is Cc1cncc(-c2cc(C)ccc2C=O)c1. The quantitative estimate of drug-likeness (QED) is 0.714. The molecule has 2 nitrogen and oxygen atoms in total. The third kappa shape index (κ3) is 2.01. The molecule has 2 rings (SSSR count). The minimum atomic E-state index is 0.706. The molecule has 2 heteroatoms. The van der Waals surface area contributed by atoms with Crippen LogP contribution in [0.15, 0.2) is 36.7 Å². The van der Waals surface area contributed by atoms with E-state index in [1.165, 1.54) is 0 Å². The largest absolute Gasteiger partial charge is 0.298 e. The molecule has 16 heavy (non-hydrogen) atoms. The molecule has 0 unspecified atom stereocenters. The van der Waals surface area contributed by atoms with Gasteiger partial charge in [0.05, 0.1) is 0 Å². The maximum Gasteiger partial charge on any atom is 0.150 e. The highest BCUT2D eigenvalue weighted by Crippen LogP contribution is 2.23. The van der Waals surface area contributed by atoms with E-state index in [-0.39, 0.29) is 0 Å². The van der Waals surface area contributed by atoms with E-state index < -0.39 is 0 Å².